The van der Waals surface area contributed by atoms with E-state index in [9.17, 15) is 8.42 Å². The highest BCUT2D eigenvalue weighted by Crippen LogP contribution is 2.30. The van der Waals surface area contributed by atoms with Crippen LogP contribution in [0, 0.1) is 0 Å². The quantitative estimate of drug-likeness (QED) is 0.793. The Bertz CT molecular complexity index is 755. The first-order valence-corrected chi connectivity index (χ1v) is 9.16. The Morgan fingerprint density at radius 3 is 2.90 bits per heavy atom. The second-order valence-corrected chi connectivity index (χ2v) is 8.01. The van der Waals surface area contributed by atoms with Crippen LogP contribution in [0.15, 0.2) is 18.2 Å². The fourth-order valence-electron chi connectivity index (χ4n) is 2.82. The normalized spacial score (nSPS) is 22.2. The van der Waals surface area contributed by atoms with Crippen molar-refractivity contribution < 1.29 is 8.42 Å². The van der Waals surface area contributed by atoms with E-state index >= 15 is 0 Å². The minimum absolute atomic E-state index is 0.106. The lowest BCUT2D eigenvalue weighted by Crippen LogP contribution is -2.28. The maximum atomic E-state index is 11.9. The van der Waals surface area contributed by atoms with Gasteiger partial charge in [-0.15, -0.1) is 11.6 Å². The number of alkyl halides is 1. The van der Waals surface area contributed by atoms with Gasteiger partial charge in [0.1, 0.15) is 5.82 Å². The van der Waals surface area contributed by atoms with Gasteiger partial charge in [0, 0.05) is 11.1 Å². The van der Waals surface area contributed by atoms with Crippen LogP contribution in [0.1, 0.15) is 24.7 Å². The van der Waals surface area contributed by atoms with Crippen molar-refractivity contribution >= 4 is 44.1 Å². The second kappa shape index (κ2) is 5.20. The number of benzene rings is 1. The van der Waals surface area contributed by atoms with Gasteiger partial charge in [0.2, 0.25) is 0 Å². The van der Waals surface area contributed by atoms with E-state index in [1.165, 1.54) is 0 Å². The molecule has 0 radical (unpaired) electrons. The standard InChI is InChI=1S/C13H14Cl2N2O2S/c14-7-13-16-11-4-3-9(15)6-12(11)17(13)10-2-1-5-20(18,19)8-10/h3-4,6,10H,1-2,5,7-8H2. The Hall–Kier alpha value is -0.780. The summed E-state index contributed by atoms with van der Waals surface area (Å²) >= 11 is 12.0. The number of sulfone groups is 1. The molecule has 20 heavy (non-hydrogen) atoms. The molecule has 7 heteroatoms. The van der Waals surface area contributed by atoms with Gasteiger partial charge in [-0.3, -0.25) is 0 Å². The zero-order chi connectivity index (χ0) is 14.3. The number of rotatable bonds is 2. The Kier molecular flexibility index (Phi) is 3.69. The molecule has 1 fully saturated rings. The molecule has 0 N–H and O–H groups in total. The summed E-state index contributed by atoms with van der Waals surface area (Å²) < 4.78 is 25.7. The van der Waals surface area contributed by atoms with Crippen molar-refractivity contribution in [3.05, 3.63) is 29.0 Å². The zero-order valence-electron chi connectivity index (χ0n) is 10.7. The molecule has 0 saturated carbocycles. The van der Waals surface area contributed by atoms with E-state index in [0.29, 0.717) is 17.3 Å². The summed E-state index contributed by atoms with van der Waals surface area (Å²) in [6.07, 6.45) is 1.50. The van der Waals surface area contributed by atoms with E-state index in [-0.39, 0.29) is 23.4 Å². The third-order valence-electron chi connectivity index (χ3n) is 3.65. The maximum Gasteiger partial charge on any atom is 0.152 e. The molecular formula is C13H14Cl2N2O2S. The summed E-state index contributed by atoms with van der Waals surface area (Å²) in [4.78, 5) is 4.47. The highest BCUT2D eigenvalue weighted by Gasteiger charge is 2.28. The molecule has 0 bridgehead atoms. The first-order chi connectivity index (χ1) is 9.50. The lowest BCUT2D eigenvalue weighted by atomic mass is 10.1. The zero-order valence-corrected chi connectivity index (χ0v) is 13.0. The molecule has 2 heterocycles. The van der Waals surface area contributed by atoms with Gasteiger partial charge in [-0.1, -0.05) is 11.6 Å². The van der Waals surface area contributed by atoms with Crippen LogP contribution < -0.4 is 0 Å². The van der Waals surface area contributed by atoms with Crippen molar-refractivity contribution in [3.63, 3.8) is 0 Å². The van der Waals surface area contributed by atoms with E-state index in [0.717, 1.165) is 17.5 Å². The Morgan fingerprint density at radius 2 is 2.20 bits per heavy atom. The minimum atomic E-state index is -2.99. The van der Waals surface area contributed by atoms with Crippen LogP contribution in [0.2, 0.25) is 5.02 Å². The first-order valence-electron chi connectivity index (χ1n) is 6.43. The Morgan fingerprint density at radius 1 is 1.40 bits per heavy atom. The summed E-state index contributed by atoms with van der Waals surface area (Å²) in [5.74, 6) is 1.37. The second-order valence-electron chi connectivity index (χ2n) is 5.08. The van der Waals surface area contributed by atoms with Gasteiger partial charge in [0.15, 0.2) is 9.84 Å². The number of fused-ring (bicyclic) bond motifs is 1. The summed E-state index contributed by atoms with van der Waals surface area (Å²) in [7, 11) is -2.99. The lowest BCUT2D eigenvalue weighted by molar-refractivity contribution is 0.471. The fraction of sp³-hybridized carbons (Fsp3) is 0.462. The Balaban J connectivity index is 2.16. The van der Waals surface area contributed by atoms with Crippen molar-refractivity contribution in [3.8, 4) is 0 Å². The smallest absolute Gasteiger partial charge is 0.152 e. The molecule has 1 aromatic heterocycles. The summed E-state index contributed by atoms with van der Waals surface area (Å²) in [5, 5.41) is 0.610. The third-order valence-corrected chi connectivity index (χ3v) is 5.93. The highest BCUT2D eigenvalue weighted by atomic mass is 35.5. The maximum absolute atomic E-state index is 11.9. The summed E-state index contributed by atoms with van der Waals surface area (Å²) in [6.45, 7) is 0. The molecule has 1 aromatic carbocycles. The first kappa shape index (κ1) is 14.2. The molecule has 0 amide bonds. The van der Waals surface area contributed by atoms with Crippen LogP contribution in [-0.4, -0.2) is 29.5 Å². The van der Waals surface area contributed by atoms with Gasteiger partial charge in [-0.25, -0.2) is 13.4 Å². The number of imidazole rings is 1. The number of hydrogen-bond acceptors (Lipinski definition) is 3. The van der Waals surface area contributed by atoms with Gasteiger partial charge < -0.3 is 4.57 Å². The van der Waals surface area contributed by atoms with Crippen LogP contribution in [0.3, 0.4) is 0 Å². The molecule has 0 spiro atoms. The van der Waals surface area contributed by atoms with Gasteiger partial charge >= 0.3 is 0 Å². The van der Waals surface area contributed by atoms with Crippen molar-refractivity contribution in [1.29, 1.82) is 0 Å². The van der Waals surface area contributed by atoms with E-state index < -0.39 is 9.84 Å². The van der Waals surface area contributed by atoms with Crippen molar-refractivity contribution in [2.75, 3.05) is 11.5 Å². The van der Waals surface area contributed by atoms with Crippen LogP contribution in [-0.2, 0) is 15.7 Å². The van der Waals surface area contributed by atoms with Gasteiger partial charge in [-0.05, 0) is 31.0 Å². The monoisotopic (exact) mass is 332 g/mol. The average molecular weight is 333 g/mol. The molecule has 1 aliphatic heterocycles. The molecule has 1 unspecified atom stereocenters. The molecule has 108 valence electrons. The van der Waals surface area contributed by atoms with Gasteiger partial charge in [0.05, 0.1) is 28.4 Å². The average Bonchev–Trinajstić information content (AvgIpc) is 2.75. The van der Waals surface area contributed by atoms with Gasteiger partial charge in [-0.2, -0.15) is 0 Å². The van der Waals surface area contributed by atoms with Crippen molar-refractivity contribution in [1.82, 2.24) is 9.55 Å². The van der Waals surface area contributed by atoms with Crippen molar-refractivity contribution in [2.45, 2.75) is 24.8 Å². The SMILES string of the molecule is O=S1(=O)CCCC(n2c(CCl)nc3ccc(Cl)cc32)C1. The molecular weight excluding hydrogens is 319 g/mol. The van der Waals surface area contributed by atoms with E-state index in [2.05, 4.69) is 4.98 Å². The van der Waals surface area contributed by atoms with Gasteiger partial charge in [0.25, 0.3) is 0 Å². The summed E-state index contributed by atoms with van der Waals surface area (Å²) in [5.41, 5.74) is 1.66. The fourth-order valence-corrected chi connectivity index (χ4v) is 4.85. The molecule has 2 aromatic rings. The Labute approximate surface area is 127 Å². The lowest BCUT2D eigenvalue weighted by Gasteiger charge is -2.25. The molecule has 1 aliphatic rings. The minimum Gasteiger partial charge on any atom is -0.323 e. The van der Waals surface area contributed by atoms with E-state index in [4.69, 9.17) is 23.2 Å². The van der Waals surface area contributed by atoms with Crippen LogP contribution in [0.4, 0.5) is 0 Å². The molecule has 1 saturated heterocycles. The predicted molar refractivity (Wildman–Crippen MR) is 81.2 cm³/mol. The predicted octanol–water partition coefficient (Wildman–Crippen LogP) is 3.18. The number of hydrogen-bond donors (Lipinski definition) is 0. The topological polar surface area (TPSA) is 52.0 Å². The van der Waals surface area contributed by atoms with Crippen LogP contribution in [0.5, 0.6) is 0 Å². The molecule has 3 rings (SSSR count). The number of aromatic nitrogens is 2. The van der Waals surface area contributed by atoms with Crippen molar-refractivity contribution in [2.24, 2.45) is 0 Å². The van der Waals surface area contributed by atoms with E-state index in [1.807, 2.05) is 16.7 Å². The van der Waals surface area contributed by atoms with E-state index in [1.54, 1.807) is 6.07 Å². The summed E-state index contributed by atoms with van der Waals surface area (Å²) in [6, 6.07) is 5.32. The molecule has 4 nitrogen and oxygen atoms in total. The number of halogens is 2. The third kappa shape index (κ3) is 2.54. The molecule has 1 atom stereocenters. The molecule has 0 aliphatic carbocycles. The largest absolute Gasteiger partial charge is 0.323 e. The number of nitrogens with zero attached hydrogens (tertiary/aromatic N) is 2. The van der Waals surface area contributed by atoms with Crippen LogP contribution >= 0.6 is 23.2 Å². The van der Waals surface area contributed by atoms with Crippen LogP contribution in [0.25, 0.3) is 11.0 Å². The highest BCUT2D eigenvalue weighted by molar-refractivity contribution is 7.91.